The van der Waals surface area contributed by atoms with Gasteiger partial charge in [0, 0.05) is 18.2 Å². The second-order valence-electron chi connectivity index (χ2n) is 5.78. The van der Waals surface area contributed by atoms with E-state index in [1.165, 1.54) is 6.92 Å². The smallest absolute Gasteiger partial charge is 0.279 e. The summed E-state index contributed by atoms with van der Waals surface area (Å²) in [5.74, 6) is -0.584. The Bertz CT molecular complexity index is 785. The predicted octanol–water partition coefficient (Wildman–Crippen LogP) is 2.18. The van der Waals surface area contributed by atoms with Crippen LogP contribution in [-0.4, -0.2) is 23.8 Å². The number of aryl methyl sites for hydroxylation is 1. The summed E-state index contributed by atoms with van der Waals surface area (Å²) in [7, 11) is 0. The average Bonchev–Trinajstić information content (AvgIpc) is 2.61. The SMILES string of the molecule is CC(=O)Nc1ccc(C(=O)NNC(=O)C(C)Oc2ccc(C)cc2)cc1. The fourth-order valence-corrected chi connectivity index (χ4v) is 2.07. The molecule has 0 spiro atoms. The van der Waals surface area contributed by atoms with Gasteiger partial charge in [-0.3, -0.25) is 25.2 Å². The first kappa shape index (κ1) is 19.0. The highest BCUT2D eigenvalue weighted by molar-refractivity contribution is 5.96. The van der Waals surface area contributed by atoms with Crippen LogP contribution >= 0.6 is 0 Å². The Morgan fingerprint density at radius 2 is 1.54 bits per heavy atom. The molecule has 0 saturated carbocycles. The Balaban J connectivity index is 1.84. The maximum Gasteiger partial charge on any atom is 0.279 e. The van der Waals surface area contributed by atoms with Crippen molar-refractivity contribution in [1.82, 2.24) is 10.9 Å². The van der Waals surface area contributed by atoms with E-state index in [-0.39, 0.29) is 5.91 Å². The van der Waals surface area contributed by atoms with Crippen LogP contribution in [0.25, 0.3) is 0 Å². The zero-order chi connectivity index (χ0) is 19.1. The molecule has 0 aliphatic rings. The molecule has 0 aliphatic heterocycles. The highest BCUT2D eigenvalue weighted by Crippen LogP contribution is 2.13. The summed E-state index contributed by atoms with van der Waals surface area (Å²) in [5.41, 5.74) is 6.67. The number of nitrogens with one attached hydrogen (secondary N) is 3. The second-order valence-corrected chi connectivity index (χ2v) is 5.78. The van der Waals surface area contributed by atoms with E-state index >= 15 is 0 Å². The molecule has 0 fully saturated rings. The summed E-state index contributed by atoms with van der Waals surface area (Å²) in [4.78, 5) is 35.0. The average molecular weight is 355 g/mol. The molecule has 1 unspecified atom stereocenters. The number of hydrazine groups is 1. The van der Waals surface area contributed by atoms with Crippen molar-refractivity contribution in [2.45, 2.75) is 26.9 Å². The molecule has 0 radical (unpaired) electrons. The maximum atomic E-state index is 12.0. The van der Waals surface area contributed by atoms with E-state index in [0.29, 0.717) is 17.0 Å². The summed E-state index contributed by atoms with van der Waals surface area (Å²) < 4.78 is 5.52. The Hall–Kier alpha value is -3.35. The summed E-state index contributed by atoms with van der Waals surface area (Å²) in [6.07, 6.45) is -0.778. The molecule has 3 amide bonds. The normalized spacial score (nSPS) is 11.2. The molecular weight excluding hydrogens is 334 g/mol. The van der Waals surface area contributed by atoms with Crippen molar-refractivity contribution in [3.05, 3.63) is 59.7 Å². The molecule has 26 heavy (non-hydrogen) atoms. The highest BCUT2D eigenvalue weighted by atomic mass is 16.5. The first-order chi connectivity index (χ1) is 12.3. The Morgan fingerprint density at radius 1 is 0.923 bits per heavy atom. The quantitative estimate of drug-likeness (QED) is 0.716. The van der Waals surface area contributed by atoms with Gasteiger partial charge in [0.25, 0.3) is 11.8 Å². The minimum atomic E-state index is -0.778. The molecule has 7 nitrogen and oxygen atoms in total. The number of hydrogen-bond acceptors (Lipinski definition) is 4. The second kappa shape index (κ2) is 8.66. The molecule has 1 atom stereocenters. The van der Waals surface area contributed by atoms with Gasteiger partial charge >= 0.3 is 0 Å². The lowest BCUT2D eigenvalue weighted by atomic mass is 10.2. The summed E-state index contributed by atoms with van der Waals surface area (Å²) >= 11 is 0. The molecule has 0 aromatic heterocycles. The van der Waals surface area contributed by atoms with Gasteiger partial charge in [-0.2, -0.15) is 0 Å². The Morgan fingerprint density at radius 3 is 2.12 bits per heavy atom. The van der Waals surface area contributed by atoms with Crippen molar-refractivity contribution in [1.29, 1.82) is 0 Å². The van der Waals surface area contributed by atoms with Crippen LogP contribution in [0.3, 0.4) is 0 Å². The molecule has 3 N–H and O–H groups in total. The van der Waals surface area contributed by atoms with Crippen molar-refractivity contribution in [3.63, 3.8) is 0 Å². The van der Waals surface area contributed by atoms with E-state index in [4.69, 9.17) is 4.74 Å². The molecule has 2 aromatic rings. The zero-order valence-electron chi connectivity index (χ0n) is 14.8. The Kier molecular flexibility index (Phi) is 6.32. The number of hydrogen-bond donors (Lipinski definition) is 3. The molecule has 0 aliphatic carbocycles. The van der Waals surface area contributed by atoms with Gasteiger partial charge in [-0.25, -0.2) is 0 Å². The van der Waals surface area contributed by atoms with Gasteiger partial charge in [0.2, 0.25) is 5.91 Å². The minimum Gasteiger partial charge on any atom is -0.481 e. The first-order valence-electron chi connectivity index (χ1n) is 8.06. The van der Waals surface area contributed by atoms with E-state index in [1.807, 2.05) is 19.1 Å². The van der Waals surface area contributed by atoms with Crippen molar-refractivity contribution >= 4 is 23.4 Å². The van der Waals surface area contributed by atoms with Crippen LogP contribution in [0, 0.1) is 6.92 Å². The van der Waals surface area contributed by atoms with E-state index in [0.717, 1.165) is 5.56 Å². The number of carbonyl (C=O) groups excluding carboxylic acids is 3. The van der Waals surface area contributed by atoms with Crippen LogP contribution in [-0.2, 0) is 9.59 Å². The molecule has 136 valence electrons. The lowest BCUT2D eigenvalue weighted by Gasteiger charge is -2.15. The minimum absolute atomic E-state index is 0.197. The van der Waals surface area contributed by atoms with Crippen LogP contribution in [0.2, 0.25) is 0 Å². The molecule has 2 aromatic carbocycles. The van der Waals surface area contributed by atoms with Gasteiger partial charge in [-0.1, -0.05) is 17.7 Å². The molecule has 0 bridgehead atoms. The molecule has 7 heteroatoms. The number of anilines is 1. The van der Waals surface area contributed by atoms with Crippen molar-refractivity contribution in [2.75, 3.05) is 5.32 Å². The third-order valence-electron chi connectivity index (χ3n) is 3.47. The number of amides is 3. The van der Waals surface area contributed by atoms with Gasteiger partial charge in [0.15, 0.2) is 6.10 Å². The maximum absolute atomic E-state index is 12.0. The topological polar surface area (TPSA) is 96.5 Å². The molecule has 0 saturated heterocycles. The number of ether oxygens (including phenoxy) is 1. The third-order valence-corrected chi connectivity index (χ3v) is 3.47. The molecule has 0 heterocycles. The van der Waals surface area contributed by atoms with E-state index in [2.05, 4.69) is 16.2 Å². The van der Waals surface area contributed by atoms with Crippen LogP contribution in [0.1, 0.15) is 29.8 Å². The van der Waals surface area contributed by atoms with Crippen LogP contribution < -0.4 is 20.9 Å². The predicted molar refractivity (Wildman–Crippen MR) is 97.6 cm³/mol. The number of carbonyl (C=O) groups is 3. The highest BCUT2D eigenvalue weighted by Gasteiger charge is 2.16. The molecular formula is C19H21N3O4. The zero-order valence-corrected chi connectivity index (χ0v) is 14.8. The standard InChI is InChI=1S/C19H21N3O4/c1-12-4-10-17(11-5-12)26-13(2)18(24)21-22-19(25)15-6-8-16(9-7-15)20-14(3)23/h4-11,13H,1-3H3,(H,20,23)(H,21,24)(H,22,25). The van der Waals surface area contributed by atoms with Gasteiger partial charge in [0.1, 0.15) is 5.75 Å². The summed E-state index contributed by atoms with van der Waals surface area (Å²) in [6.45, 7) is 4.94. The van der Waals surface area contributed by atoms with Gasteiger partial charge in [-0.05, 0) is 50.2 Å². The number of rotatable bonds is 5. The van der Waals surface area contributed by atoms with Crippen molar-refractivity contribution in [2.24, 2.45) is 0 Å². The molecule has 2 rings (SSSR count). The van der Waals surface area contributed by atoms with Crippen LogP contribution in [0.15, 0.2) is 48.5 Å². The fourth-order valence-electron chi connectivity index (χ4n) is 2.07. The van der Waals surface area contributed by atoms with Gasteiger partial charge in [-0.15, -0.1) is 0 Å². The summed E-state index contributed by atoms with van der Waals surface area (Å²) in [5, 5.41) is 2.61. The van der Waals surface area contributed by atoms with E-state index in [1.54, 1.807) is 43.3 Å². The lowest BCUT2D eigenvalue weighted by Crippen LogP contribution is -2.47. The monoisotopic (exact) mass is 355 g/mol. The van der Waals surface area contributed by atoms with Crippen LogP contribution in [0.4, 0.5) is 5.69 Å². The van der Waals surface area contributed by atoms with Crippen molar-refractivity contribution < 1.29 is 19.1 Å². The number of benzene rings is 2. The van der Waals surface area contributed by atoms with E-state index in [9.17, 15) is 14.4 Å². The third kappa shape index (κ3) is 5.62. The lowest BCUT2D eigenvalue weighted by molar-refractivity contribution is -0.128. The first-order valence-corrected chi connectivity index (χ1v) is 8.06. The van der Waals surface area contributed by atoms with E-state index < -0.39 is 17.9 Å². The van der Waals surface area contributed by atoms with Crippen LogP contribution in [0.5, 0.6) is 5.75 Å². The fraction of sp³-hybridized carbons (Fsp3) is 0.211. The Labute approximate surface area is 151 Å². The van der Waals surface area contributed by atoms with Gasteiger partial charge < -0.3 is 10.1 Å². The largest absolute Gasteiger partial charge is 0.481 e. The van der Waals surface area contributed by atoms with Gasteiger partial charge in [0.05, 0.1) is 0 Å². The summed E-state index contributed by atoms with van der Waals surface area (Å²) in [6, 6.07) is 13.6. The van der Waals surface area contributed by atoms with Crippen molar-refractivity contribution in [3.8, 4) is 5.75 Å².